The molecule has 0 saturated carbocycles. The zero-order valence-corrected chi connectivity index (χ0v) is 14.0. The molecular weight excluding hydrogens is 300 g/mol. The molecule has 5 heteroatoms. The van der Waals surface area contributed by atoms with Crippen molar-refractivity contribution in [1.29, 1.82) is 0 Å². The zero-order valence-electron chi connectivity index (χ0n) is 14.0. The molecule has 124 valence electrons. The predicted octanol–water partition coefficient (Wildman–Crippen LogP) is 2.52. The molecule has 2 aliphatic rings. The summed E-state index contributed by atoms with van der Waals surface area (Å²) >= 11 is 0. The second kappa shape index (κ2) is 6.23. The van der Waals surface area contributed by atoms with Crippen molar-refractivity contribution in [3.8, 4) is 0 Å². The van der Waals surface area contributed by atoms with Crippen molar-refractivity contribution in [1.82, 2.24) is 15.1 Å². The predicted molar refractivity (Wildman–Crippen MR) is 92.8 cm³/mol. The highest BCUT2D eigenvalue weighted by atomic mass is 16.2. The average Bonchev–Trinajstić information content (AvgIpc) is 3.05. The number of carbonyl (C=O) groups is 1. The normalized spacial score (nSPS) is 18.9. The van der Waals surface area contributed by atoms with Crippen molar-refractivity contribution in [3.05, 3.63) is 52.7 Å². The summed E-state index contributed by atoms with van der Waals surface area (Å²) < 4.78 is 0. The fraction of sp³-hybridized carbons (Fsp3) is 0.421. The zero-order chi connectivity index (χ0) is 16.5. The summed E-state index contributed by atoms with van der Waals surface area (Å²) in [6, 6.07) is 10.4. The molecule has 0 radical (unpaired) electrons. The Morgan fingerprint density at radius 1 is 1.25 bits per heavy atom. The summed E-state index contributed by atoms with van der Waals surface area (Å²) in [5, 5.41) is 11.7. The molecule has 5 nitrogen and oxygen atoms in total. The maximum Gasteiger partial charge on any atom is 0.230 e. The SMILES string of the molecule is CCNc1cc2c(nn1)CCN(C(=O)[C@@H]1CCc3ccccc31)C2. The Bertz CT molecular complexity index is 774. The van der Waals surface area contributed by atoms with Gasteiger partial charge in [0.25, 0.3) is 0 Å². The van der Waals surface area contributed by atoms with Crippen LogP contribution in [0.25, 0.3) is 0 Å². The number of rotatable bonds is 3. The van der Waals surface area contributed by atoms with Crippen LogP contribution < -0.4 is 5.32 Å². The molecule has 1 aliphatic heterocycles. The highest BCUT2D eigenvalue weighted by Gasteiger charge is 2.33. The number of hydrogen-bond acceptors (Lipinski definition) is 4. The van der Waals surface area contributed by atoms with Gasteiger partial charge in [0.1, 0.15) is 5.82 Å². The molecule has 1 atom stereocenters. The Hall–Kier alpha value is -2.43. The monoisotopic (exact) mass is 322 g/mol. The summed E-state index contributed by atoms with van der Waals surface area (Å²) in [5.74, 6) is 1.06. The Kier molecular flexibility index (Phi) is 3.92. The van der Waals surface area contributed by atoms with Gasteiger partial charge >= 0.3 is 0 Å². The summed E-state index contributed by atoms with van der Waals surface area (Å²) in [6.45, 7) is 4.23. The molecule has 0 fully saturated rings. The van der Waals surface area contributed by atoms with Crippen molar-refractivity contribution >= 4 is 11.7 Å². The molecule has 1 aromatic heterocycles. The number of amides is 1. The van der Waals surface area contributed by atoms with E-state index in [9.17, 15) is 4.79 Å². The number of aryl methyl sites for hydroxylation is 1. The highest BCUT2D eigenvalue weighted by Crippen LogP contribution is 2.35. The third-order valence-electron chi connectivity index (χ3n) is 5.04. The minimum atomic E-state index is 0.0192. The van der Waals surface area contributed by atoms with Gasteiger partial charge in [0.2, 0.25) is 5.91 Å². The molecule has 0 bridgehead atoms. The molecule has 2 heterocycles. The van der Waals surface area contributed by atoms with Gasteiger partial charge in [0, 0.05) is 26.1 Å². The molecule has 1 amide bonds. The van der Waals surface area contributed by atoms with Crippen LogP contribution in [0.4, 0.5) is 5.82 Å². The van der Waals surface area contributed by atoms with Gasteiger partial charge in [0.15, 0.2) is 0 Å². The van der Waals surface area contributed by atoms with Crippen LogP contribution in [0, 0.1) is 0 Å². The van der Waals surface area contributed by atoms with E-state index in [2.05, 4.69) is 33.7 Å². The van der Waals surface area contributed by atoms with Crippen molar-refractivity contribution in [2.45, 2.75) is 38.6 Å². The smallest absolute Gasteiger partial charge is 0.230 e. The first kappa shape index (κ1) is 15.1. The molecule has 0 spiro atoms. The van der Waals surface area contributed by atoms with Crippen LogP contribution in [-0.4, -0.2) is 34.1 Å². The van der Waals surface area contributed by atoms with Crippen molar-refractivity contribution in [3.63, 3.8) is 0 Å². The first-order valence-corrected chi connectivity index (χ1v) is 8.72. The molecule has 1 aromatic carbocycles. The van der Waals surface area contributed by atoms with E-state index >= 15 is 0 Å². The van der Waals surface area contributed by atoms with Crippen molar-refractivity contribution < 1.29 is 4.79 Å². The molecule has 0 unspecified atom stereocenters. The standard InChI is InChI=1S/C19H22N4O/c1-2-20-18-11-14-12-23(10-9-17(14)21-22-18)19(24)16-8-7-13-5-3-4-6-15(13)16/h3-6,11,16H,2,7-10,12H2,1H3,(H,20,22)/t16-/m1/s1. The molecule has 1 N–H and O–H groups in total. The van der Waals surface area contributed by atoms with Crippen LogP contribution >= 0.6 is 0 Å². The fourth-order valence-electron chi connectivity index (χ4n) is 3.82. The van der Waals surface area contributed by atoms with Gasteiger partial charge < -0.3 is 10.2 Å². The van der Waals surface area contributed by atoms with E-state index in [1.807, 2.05) is 24.0 Å². The van der Waals surface area contributed by atoms with Gasteiger partial charge in [0.05, 0.1) is 11.6 Å². The summed E-state index contributed by atoms with van der Waals surface area (Å²) in [5.41, 5.74) is 4.68. The third-order valence-corrected chi connectivity index (χ3v) is 5.04. The largest absolute Gasteiger partial charge is 0.369 e. The Morgan fingerprint density at radius 3 is 3.00 bits per heavy atom. The van der Waals surface area contributed by atoms with E-state index < -0.39 is 0 Å². The van der Waals surface area contributed by atoms with E-state index in [-0.39, 0.29) is 11.8 Å². The van der Waals surface area contributed by atoms with Gasteiger partial charge in [-0.3, -0.25) is 4.79 Å². The fourth-order valence-corrected chi connectivity index (χ4v) is 3.82. The Balaban J connectivity index is 1.54. The summed E-state index contributed by atoms with van der Waals surface area (Å²) in [7, 11) is 0. The van der Waals surface area contributed by atoms with E-state index in [1.165, 1.54) is 11.1 Å². The summed E-state index contributed by atoms with van der Waals surface area (Å²) in [6.07, 6.45) is 2.72. The third kappa shape index (κ3) is 2.64. The molecule has 4 rings (SSSR count). The topological polar surface area (TPSA) is 58.1 Å². The van der Waals surface area contributed by atoms with Crippen molar-refractivity contribution in [2.24, 2.45) is 0 Å². The van der Waals surface area contributed by atoms with E-state index in [0.29, 0.717) is 6.54 Å². The number of nitrogens with one attached hydrogen (secondary N) is 1. The van der Waals surface area contributed by atoms with E-state index in [0.717, 1.165) is 49.4 Å². The van der Waals surface area contributed by atoms with Crippen LogP contribution in [0.15, 0.2) is 30.3 Å². The number of nitrogens with zero attached hydrogens (tertiary/aromatic N) is 3. The lowest BCUT2D eigenvalue weighted by Crippen LogP contribution is -2.39. The van der Waals surface area contributed by atoms with Gasteiger partial charge in [-0.2, -0.15) is 5.10 Å². The number of fused-ring (bicyclic) bond motifs is 2. The molecular formula is C19H22N4O. The first-order valence-electron chi connectivity index (χ1n) is 8.72. The first-order chi connectivity index (χ1) is 11.8. The quantitative estimate of drug-likeness (QED) is 0.943. The van der Waals surface area contributed by atoms with Crippen LogP contribution in [0.2, 0.25) is 0 Å². The average molecular weight is 322 g/mol. The van der Waals surface area contributed by atoms with E-state index in [4.69, 9.17) is 0 Å². The minimum Gasteiger partial charge on any atom is -0.369 e. The lowest BCUT2D eigenvalue weighted by atomic mass is 9.98. The number of anilines is 1. The van der Waals surface area contributed by atoms with Gasteiger partial charge in [-0.05, 0) is 42.5 Å². The number of aromatic nitrogens is 2. The molecule has 0 saturated heterocycles. The summed E-state index contributed by atoms with van der Waals surface area (Å²) in [4.78, 5) is 15.1. The Morgan fingerprint density at radius 2 is 2.12 bits per heavy atom. The molecule has 1 aliphatic carbocycles. The van der Waals surface area contributed by atoms with Crippen molar-refractivity contribution in [2.75, 3.05) is 18.4 Å². The highest BCUT2D eigenvalue weighted by molar-refractivity contribution is 5.85. The second-order valence-corrected chi connectivity index (χ2v) is 6.53. The molecule has 2 aromatic rings. The van der Waals surface area contributed by atoms with Gasteiger partial charge in [-0.25, -0.2) is 0 Å². The number of carbonyl (C=O) groups excluding carboxylic acids is 1. The second-order valence-electron chi connectivity index (χ2n) is 6.53. The molecule has 24 heavy (non-hydrogen) atoms. The lowest BCUT2D eigenvalue weighted by Gasteiger charge is -2.30. The minimum absolute atomic E-state index is 0.0192. The van der Waals surface area contributed by atoms with Crippen LogP contribution in [0.3, 0.4) is 0 Å². The maximum atomic E-state index is 13.1. The van der Waals surface area contributed by atoms with Crippen LogP contribution in [-0.2, 0) is 24.2 Å². The van der Waals surface area contributed by atoms with Gasteiger partial charge in [-0.1, -0.05) is 24.3 Å². The Labute approximate surface area is 142 Å². The lowest BCUT2D eigenvalue weighted by molar-refractivity contribution is -0.133. The van der Waals surface area contributed by atoms with Crippen LogP contribution in [0.5, 0.6) is 0 Å². The number of hydrogen-bond donors (Lipinski definition) is 1. The number of benzene rings is 1. The maximum absolute atomic E-state index is 13.1. The van der Waals surface area contributed by atoms with Gasteiger partial charge in [-0.15, -0.1) is 5.10 Å². The van der Waals surface area contributed by atoms with E-state index in [1.54, 1.807) is 0 Å². The van der Waals surface area contributed by atoms with Crippen LogP contribution in [0.1, 0.15) is 41.6 Å².